The van der Waals surface area contributed by atoms with Gasteiger partial charge in [-0.2, -0.15) is 0 Å². The second-order valence-corrected chi connectivity index (χ2v) is 5.21. The largest absolute Gasteiger partial charge is 0.395 e. The first-order chi connectivity index (χ1) is 8.29. The molecule has 5 heteroatoms. The van der Waals surface area contributed by atoms with Gasteiger partial charge in [-0.15, -0.1) is 0 Å². The Labute approximate surface area is 110 Å². The Hall–Kier alpha value is -0.650. The van der Waals surface area contributed by atoms with Crippen LogP contribution in [0.25, 0.3) is 0 Å². The van der Waals surface area contributed by atoms with Gasteiger partial charge in [-0.05, 0) is 47.4 Å². The fraction of sp³-hybridized carbons (Fsp3) is 0.583. The van der Waals surface area contributed by atoms with E-state index in [1.807, 2.05) is 12.1 Å². The van der Waals surface area contributed by atoms with Crippen LogP contribution in [-0.2, 0) is 0 Å². The van der Waals surface area contributed by atoms with Crippen LogP contribution in [0.5, 0.6) is 0 Å². The molecule has 0 radical (unpaired) electrons. The first kappa shape index (κ1) is 12.8. The van der Waals surface area contributed by atoms with E-state index >= 15 is 0 Å². The monoisotopic (exact) mass is 299 g/mol. The van der Waals surface area contributed by atoms with Gasteiger partial charge in [0.1, 0.15) is 5.82 Å². The van der Waals surface area contributed by atoms with Crippen LogP contribution in [0.2, 0.25) is 0 Å². The van der Waals surface area contributed by atoms with E-state index in [0.29, 0.717) is 12.6 Å². The van der Waals surface area contributed by atoms with Crippen molar-refractivity contribution in [1.29, 1.82) is 0 Å². The summed E-state index contributed by atoms with van der Waals surface area (Å²) < 4.78 is 0.976. The summed E-state index contributed by atoms with van der Waals surface area (Å²) in [5, 5.41) is 12.6. The number of pyridine rings is 1. The molecule has 1 fully saturated rings. The number of nitrogens with one attached hydrogen (secondary N) is 1. The third kappa shape index (κ3) is 3.66. The van der Waals surface area contributed by atoms with Gasteiger partial charge < -0.3 is 15.3 Å². The van der Waals surface area contributed by atoms with E-state index in [0.717, 1.165) is 23.4 Å². The van der Waals surface area contributed by atoms with Gasteiger partial charge >= 0.3 is 0 Å². The van der Waals surface area contributed by atoms with Crippen molar-refractivity contribution < 1.29 is 5.11 Å². The van der Waals surface area contributed by atoms with Gasteiger partial charge in [-0.1, -0.05) is 0 Å². The van der Waals surface area contributed by atoms with Crippen LogP contribution >= 0.6 is 15.9 Å². The molecule has 1 saturated heterocycles. The van der Waals surface area contributed by atoms with E-state index in [4.69, 9.17) is 5.11 Å². The lowest BCUT2D eigenvalue weighted by molar-refractivity contribution is 0.300. The second-order valence-electron chi connectivity index (χ2n) is 4.30. The van der Waals surface area contributed by atoms with Crippen LogP contribution in [0.1, 0.15) is 12.8 Å². The maximum Gasteiger partial charge on any atom is 0.128 e. The van der Waals surface area contributed by atoms with Gasteiger partial charge in [0.15, 0.2) is 0 Å². The van der Waals surface area contributed by atoms with Crippen molar-refractivity contribution in [1.82, 2.24) is 10.3 Å². The summed E-state index contributed by atoms with van der Waals surface area (Å²) in [5.74, 6) is 0.927. The number of anilines is 1. The second kappa shape index (κ2) is 6.33. The highest BCUT2D eigenvalue weighted by Crippen LogP contribution is 2.16. The lowest BCUT2D eigenvalue weighted by Crippen LogP contribution is -2.39. The van der Waals surface area contributed by atoms with Crippen molar-refractivity contribution in [2.75, 3.05) is 31.1 Å². The molecule has 1 aliphatic rings. The van der Waals surface area contributed by atoms with Gasteiger partial charge in [0.05, 0.1) is 6.61 Å². The highest BCUT2D eigenvalue weighted by atomic mass is 79.9. The summed E-state index contributed by atoms with van der Waals surface area (Å²) in [6.07, 6.45) is 4.24. The topological polar surface area (TPSA) is 48.4 Å². The smallest absolute Gasteiger partial charge is 0.128 e. The van der Waals surface area contributed by atoms with Crippen LogP contribution in [-0.4, -0.2) is 42.4 Å². The van der Waals surface area contributed by atoms with E-state index in [1.54, 1.807) is 6.20 Å². The summed E-state index contributed by atoms with van der Waals surface area (Å²) in [6.45, 7) is 2.80. The third-order valence-electron chi connectivity index (χ3n) is 3.01. The third-order valence-corrected chi connectivity index (χ3v) is 3.48. The zero-order chi connectivity index (χ0) is 12.1. The summed E-state index contributed by atoms with van der Waals surface area (Å²) in [5.41, 5.74) is 0. The van der Waals surface area contributed by atoms with E-state index in [1.165, 1.54) is 12.8 Å². The molecule has 0 bridgehead atoms. The SMILES string of the molecule is OCCN(CC1CCCN1)c1ccc(Br)cn1. The maximum atomic E-state index is 9.13. The summed E-state index contributed by atoms with van der Waals surface area (Å²) in [6, 6.07) is 4.48. The van der Waals surface area contributed by atoms with E-state index in [9.17, 15) is 0 Å². The number of hydrogen-bond donors (Lipinski definition) is 2. The lowest BCUT2D eigenvalue weighted by Gasteiger charge is -2.26. The van der Waals surface area contributed by atoms with Gasteiger partial charge in [-0.3, -0.25) is 0 Å². The Morgan fingerprint density at radius 2 is 2.41 bits per heavy atom. The highest BCUT2D eigenvalue weighted by Gasteiger charge is 2.18. The molecule has 94 valence electrons. The van der Waals surface area contributed by atoms with Gasteiger partial charge in [0.2, 0.25) is 0 Å². The Kier molecular flexibility index (Phi) is 4.76. The van der Waals surface area contributed by atoms with Crippen molar-refractivity contribution in [2.24, 2.45) is 0 Å². The van der Waals surface area contributed by atoms with Crippen molar-refractivity contribution in [2.45, 2.75) is 18.9 Å². The number of rotatable bonds is 5. The summed E-state index contributed by atoms with van der Waals surface area (Å²) in [4.78, 5) is 6.51. The maximum absolute atomic E-state index is 9.13. The van der Waals surface area contributed by atoms with Gasteiger partial charge in [0.25, 0.3) is 0 Å². The quantitative estimate of drug-likeness (QED) is 0.863. The summed E-state index contributed by atoms with van der Waals surface area (Å²) in [7, 11) is 0. The normalized spacial score (nSPS) is 19.5. The number of hydrogen-bond acceptors (Lipinski definition) is 4. The standard InChI is InChI=1S/C12H18BrN3O/c13-10-3-4-12(15-8-10)16(6-7-17)9-11-2-1-5-14-11/h3-4,8,11,14,17H,1-2,5-7,9H2. The summed E-state index contributed by atoms with van der Waals surface area (Å²) >= 11 is 3.38. The number of aromatic nitrogens is 1. The Balaban J connectivity index is 2.02. The van der Waals surface area contributed by atoms with Crippen LogP contribution in [0, 0.1) is 0 Å². The lowest BCUT2D eigenvalue weighted by atomic mass is 10.2. The average molecular weight is 300 g/mol. The highest BCUT2D eigenvalue weighted by molar-refractivity contribution is 9.10. The fourth-order valence-corrected chi connectivity index (χ4v) is 2.39. The molecule has 2 heterocycles. The molecule has 4 nitrogen and oxygen atoms in total. The molecule has 0 saturated carbocycles. The predicted octanol–water partition coefficient (Wildman–Crippen LogP) is 1.39. The van der Waals surface area contributed by atoms with Crippen molar-refractivity contribution in [3.63, 3.8) is 0 Å². The first-order valence-corrected chi connectivity index (χ1v) is 6.79. The molecule has 0 spiro atoms. The van der Waals surface area contributed by atoms with Crippen LogP contribution in [0.15, 0.2) is 22.8 Å². The molecular formula is C12H18BrN3O. The minimum Gasteiger partial charge on any atom is -0.395 e. The zero-order valence-electron chi connectivity index (χ0n) is 9.77. The van der Waals surface area contributed by atoms with Gasteiger partial charge in [-0.25, -0.2) is 4.98 Å². The molecule has 2 N–H and O–H groups in total. The molecule has 0 amide bonds. The van der Waals surface area contributed by atoms with Crippen molar-refractivity contribution in [3.05, 3.63) is 22.8 Å². The molecule has 0 aromatic carbocycles. The zero-order valence-corrected chi connectivity index (χ0v) is 11.4. The van der Waals surface area contributed by atoms with E-state index in [-0.39, 0.29) is 6.61 Å². The fourth-order valence-electron chi connectivity index (χ4n) is 2.15. The molecule has 0 aliphatic carbocycles. The Bertz CT molecular complexity index is 338. The van der Waals surface area contributed by atoms with Crippen molar-refractivity contribution >= 4 is 21.7 Å². The number of aliphatic hydroxyl groups is 1. The number of nitrogens with zero attached hydrogens (tertiary/aromatic N) is 2. The molecule has 1 aliphatic heterocycles. The van der Waals surface area contributed by atoms with Crippen LogP contribution in [0.3, 0.4) is 0 Å². The first-order valence-electron chi connectivity index (χ1n) is 6.00. The van der Waals surface area contributed by atoms with Crippen molar-refractivity contribution in [3.8, 4) is 0 Å². The van der Waals surface area contributed by atoms with E-state index < -0.39 is 0 Å². The predicted molar refractivity (Wildman–Crippen MR) is 72.3 cm³/mol. The van der Waals surface area contributed by atoms with Crippen LogP contribution < -0.4 is 10.2 Å². The average Bonchev–Trinajstić information content (AvgIpc) is 2.82. The Morgan fingerprint density at radius 3 is 3.00 bits per heavy atom. The molecule has 1 unspecified atom stereocenters. The number of aliphatic hydroxyl groups excluding tert-OH is 1. The molecule has 2 rings (SSSR count). The molecule has 17 heavy (non-hydrogen) atoms. The number of halogens is 1. The minimum absolute atomic E-state index is 0.157. The Morgan fingerprint density at radius 1 is 1.53 bits per heavy atom. The van der Waals surface area contributed by atoms with Gasteiger partial charge in [0, 0.05) is 29.8 Å². The molecule has 1 aromatic rings. The van der Waals surface area contributed by atoms with E-state index in [2.05, 4.69) is 31.1 Å². The molecule has 1 aromatic heterocycles. The van der Waals surface area contributed by atoms with Crippen LogP contribution in [0.4, 0.5) is 5.82 Å². The molecular weight excluding hydrogens is 282 g/mol. The molecule has 1 atom stereocenters. The minimum atomic E-state index is 0.157.